The molecular formula is C15H18O6. The lowest BCUT2D eigenvalue weighted by Gasteiger charge is -2.09. The average molecular weight is 294 g/mol. The first-order valence-electron chi connectivity index (χ1n) is 6.13. The molecule has 21 heavy (non-hydrogen) atoms. The van der Waals surface area contributed by atoms with E-state index in [4.69, 9.17) is 9.47 Å². The highest BCUT2D eigenvalue weighted by molar-refractivity contribution is 5.98. The highest BCUT2D eigenvalue weighted by Gasteiger charge is 2.15. The van der Waals surface area contributed by atoms with Gasteiger partial charge in [0.05, 0.1) is 34.9 Å². The van der Waals surface area contributed by atoms with Gasteiger partial charge in [-0.1, -0.05) is 6.07 Å². The summed E-state index contributed by atoms with van der Waals surface area (Å²) in [4.78, 5) is 23.0. The predicted molar refractivity (Wildman–Crippen MR) is 76.2 cm³/mol. The van der Waals surface area contributed by atoms with Crippen LogP contribution < -0.4 is 9.47 Å². The number of hydrogen-bond acceptors (Lipinski definition) is 6. The molecule has 0 heterocycles. The van der Waals surface area contributed by atoms with Crippen LogP contribution in [0.3, 0.4) is 0 Å². The van der Waals surface area contributed by atoms with Gasteiger partial charge in [-0.05, 0) is 23.8 Å². The van der Waals surface area contributed by atoms with Crippen molar-refractivity contribution in [2.75, 3.05) is 28.4 Å². The lowest BCUT2D eigenvalue weighted by atomic mass is 10.1. The van der Waals surface area contributed by atoms with E-state index in [0.29, 0.717) is 17.1 Å². The summed E-state index contributed by atoms with van der Waals surface area (Å²) in [5.74, 6) is -0.0157. The van der Waals surface area contributed by atoms with Crippen LogP contribution in [0.5, 0.6) is 11.5 Å². The fourth-order valence-electron chi connectivity index (χ4n) is 1.68. The highest BCUT2D eigenvalue weighted by Crippen LogP contribution is 2.28. The number of methoxy groups -OCH3 is 4. The van der Waals surface area contributed by atoms with Crippen LogP contribution in [-0.4, -0.2) is 40.4 Å². The summed E-state index contributed by atoms with van der Waals surface area (Å²) in [6.07, 6.45) is 1.38. The van der Waals surface area contributed by atoms with Gasteiger partial charge in [-0.25, -0.2) is 4.79 Å². The second-order valence-electron chi connectivity index (χ2n) is 4.03. The van der Waals surface area contributed by atoms with E-state index in [2.05, 4.69) is 9.47 Å². The lowest BCUT2D eigenvalue weighted by Crippen LogP contribution is -2.11. The van der Waals surface area contributed by atoms with Crippen molar-refractivity contribution in [3.05, 3.63) is 29.3 Å². The number of rotatable bonds is 6. The van der Waals surface area contributed by atoms with Crippen molar-refractivity contribution >= 4 is 18.0 Å². The van der Waals surface area contributed by atoms with Gasteiger partial charge in [-0.15, -0.1) is 0 Å². The summed E-state index contributed by atoms with van der Waals surface area (Å²) in [7, 11) is 5.56. The van der Waals surface area contributed by atoms with Crippen molar-refractivity contribution in [2.45, 2.75) is 6.42 Å². The Morgan fingerprint density at radius 1 is 1.00 bits per heavy atom. The maximum Gasteiger partial charge on any atom is 0.334 e. The largest absolute Gasteiger partial charge is 0.493 e. The van der Waals surface area contributed by atoms with E-state index in [9.17, 15) is 9.59 Å². The summed E-state index contributed by atoms with van der Waals surface area (Å²) in [5, 5.41) is 0. The second-order valence-corrected chi connectivity index (χ2v) is 4.03. The molecular weight excluding hydrogens is 276 g/mol. The molecule has 0 aliphatic carbocycles. The molecule has 0 bridgehead atoms. The SMILES string of the molecule is COC(=O)C/C(=C\c1ccc(OC)c(OC)c1)C(=O)OC. The van der Waals surface area contributed by atoms with Crippen molar-refractivity contribution in [1.29, 1.82) is 0 Å². The average Bonchev–Trinajstić information content (AvgIpc) is 2.52. The molecule has 0 N–H and O–H groups in total. The molecule has 0 fully saturated rings. The van der Waals surface area contributed by atoms with E-state index in [1.807, 2.05) is 0 Å². The van der Waals surface area contributed by atoms with Gasteiger partial charge in [-0.3, -0.25) is 4.79 Å². The molecule has 0 spiro atoms. The normalized spacial score (nSPS) is 10.8. The summed E-state index contributed by atoms with van der Waals surface area (Å²) >= 11 is 0. The molecule has 0 aliphatic rings. The number of esters is 2. The quantitative estimate of drug-likeness (QED) is 0.589. The first-order valence-corrected chi connectivity index (χ1v) is 6.13. The smallest absolute Gasteiger partial charge is 0.334 e. The van der Waals surface area contributed by atoms with Gasteiger partial charge in [-0.2, -0.15) is 0 Å². The zero-order valence-corrected chi connectivity index (χ0v) is 12.5. The third kappa shape index (κ3) is 4.52. The van der Waals surface area contributed by atoms with Gasteiger partial charge >= 0.3 is 11.9 Å². The van der Waals surface area contributed by atoms with Gasteiger partial charge in [0.2, 0.25) is 0 Å². The highest BCUT2D eigenvalue weighted by atomic mass is 16.5. The van der Waals surface area contributed by atoms with Gasteiger partial charge in [0.25, 0.3) is 0 Å². The zero-order valence-electron chi connectivity index (χ0n) is 12.5. The van der Waals surface area contributed by atoms with Gasteiger partial charge < -0.3 is 18.9 Å². The first-order chi connectivity index (χ1) is 10.0. The standard InChI is InChI=1S/C15H18O6/c1-18-12-6-5-10(8-13(12)19-2)7-11(15(17)21-4)9-14(16)20-3/h5-8H,9H2,1-4H3/b11-7+. The molecule has 0 atom stereocenters. The van der Waals surface area contributed by atoms with Crippen LogP contribution in [0.4, 0.5) is 0 Å². The molecule has 0 saturated carbocycles. The third-order valence-corrected chi connectivity index (χ3v) is 2.76. The molecule has 114 valence electrons. The van der Waals surface area contributed by atoms with E-state index < -0.39 is 11.9 Å². The summed E-state index contributed by atoms with van der Waals surface area (Å²) in [6.45, 7) is 0. The van der Waals surface area contributed by atoms with Crippen molar-refractivity contribution in [2.24, 2.45) is 0 Å². The first kappa shape index (κ1) is 16.6. The molecule has 0 amide bonds. The van der Waals surface area contributed by atoms with Crippen LogP contribution in [0, 0.1) is 0 Å². The molecule has 0 saturated heterocycles. The maximum absolute atomic E-state index is 11.7. The number of carbonyl (C=O) groups excluding carboxylic acids is 2. The summed E-state index contributed by atoms with van der Waals surface area (Å²) in [6, 6.07) is 5.14. The molecule has 0 unspecified atom stereocenters. The van der Waals surface area contributed by atoms with E-state index in [1.165, 1.54) is 28.4 Å². The molecule has 1 aromatic carbocycles. The van der Waals surface area contributed by atoms with Crippen LogP contribution in [0.25, 0.3) is 6.08 Å². The number of hydrogen-bond donors (Lipinski definition) is 0. The van der Waals surface area contributed by atoms with Crippen LogP contribution in [0.15, 0.2) is 23.8 Å². The second kappa shape index (κ2) is 7.94. The van der Waals surface area contributed by atoms with Crippen molar-refractivity contribution in [3.8, 4) is 11.5 Å². The Balaban J connectivity index is 3.14. The fraction of sp³-hybridized carbons (Fsp3) is 0.333. The summed E-state index contributed by atoms with van der Waals surface area (Å²) < 4.78 is 19.5. The summed E-state index contributed by atoms with van der Waals surface area (Å²) in [5.41, 5.74) is 0.869. The number of ether oxygens (including phenoxy) is 4. The van der Waals surface area contributed by atoms with E-state index in [1.54, 1.807) is 24.3 Å². The van der Waals surface area contributed by atoms with Crippen molar-refractivity contribution < 1.29 is 28.5 Å². The van der Waals surface area contributed by atoms with E-state index in [-0.39, 0.29) is 12.0 Å². The molecule has 1 rings (SSSR count). The minimum absolute atomic E-state index is 0.169. The van der Waals surface area contributed by atoms with Crippen LogP contribution in [-0.2, 0) is 19.1 Å². The molecule has 0 aromatic heterocycles. The fourth-order valence-corrected chi connectivity index (χ4v) is 1.68. The van der Waals surface area contributed by atoms with Crippen molar-refractivity contribution in [3.63, 3.8) is 0 Å². The zero-order chi connectivity index (χ0) is 15.8. The van der Waals surface area contributed by atoms with Crippen LogP contribution in [0.2, 0.25) is 0 Å². The Hall–Kier alpha value is -2.50. The number of carbonyl (C=O) groups is 2. The predicted octanol–water partition coefficient (Wildman–Crippen LogP) is 1.82. The Labute approximate surface area is 123 Å². The van der Waals surface area contributed by atoms with Crippen LogP contribution in [0.1, 0.15) is 12.0 Å². The maximum atomic E-state index is 11.7. The third-order valence-electron chi connectivity index (χ3n) is 2.76. The molecule has 6 nitrogen and oxygen atoms in total. The Morgan fingerprint density at radius 2 is 1.67 bits per heavy atom. The Morgan fingerprint density at radius 3 is 2.19 bits per heavy atom. The van der Waals surface area contributed by atoms with E-state index >= 15 is 0 Å². The monoisotopic (exact) mass is 294 g/mol. The lowest BCUT2D eigenvalue weighted by molar-refractivity contribution is -0.143. The molecule has 6 heteroatoms. The van der Waals surface area contributed by atoms with Gasteiger partial charge in [0.15, 0.2) is 11.5 Å². The minimum atomic E-state index is -0.588. The Bertz CT molecular complexity index is 547. The van der Waals surface area contributed by atoms with Crippen LogP contribution >= 0.6 is 0 Å². The Kier molecular flexibility index (Phi) is 6.26. The molecule has 0 aliphatic heterocycles. The minimum Gasteiger partial charge on any atom is -0.493 e. The molecule has 1 aromatic rings. The van der Waals surface area contributed by atoms with Crippen molar-refractivity contribution in [1.82, 2.24) is 0 Å². The van der Waals surface area contributed by atoms with Gasteiger partial charge in [0, 0.05) is 5.57 Å². The van der Waals surface area contributed by atoms with Gasteiger partial charge in [0.1, 0.15) is 0 Å². The van der Waals surface area contributed by atoms with E-state index in [0.717, 1.165) is 0 Å². The topological polar surface area (TPSA) is 71.1 Å². The molecule has 0 radical (unpaired) electrons. The number of benzene rings is 1.